The predicted molar refractivity (Wildman–Crippen MR) is 82.6 cm³/mol. The Bertz CT molecular complexity index is 472. The highest BCUT2D eigenvalue weighted by atomic mass is 19.1. The van der Waals surface area contributed by atoms with Crippen molar-refractivity contribution in [3.05, 3.63) is 35.6 Å². The van der Waals surface area contributed by atoms with Crippen molar-refractivity contribution < 1.29 is 9.18 Å². The molecule has 1 fully saturated rings. The average Bonchev–Trinajstić information content (AvgIpc) is 2.95. The Kier molecular flexibility index (Phi) is 5.12. The summed E-state index contributed by atoms with van der Waals surface area (Å²) < 4.78 is 13.1. The van der Waals surface area contributed by atoms with E-state index < -0.39 is 5.54 Å². The summed E-state index contributed by atoms with van der Waals surface area (Å²) in [5.41, 5.74) is 6.39. The fourth-order valence-electron chi connectivity index (χ4n) is 3.58. The normalized spacial score (nSPS) is 26.3. The first-order chi connectivity index (χ1) is 9.96. The highest BCUT2D eigenvalue weighted by molar-refractivity contribution is 5.63. The quantitative estimate of drug-likeness (QED) is 0.792. The van der Waals surface area contributed by atoms with Crippen LogP contribution in [0.3, 0.4) is 0 Å². The fraction of sp³-hybridized carbons (Fsp3) is 0.588. The molecule has 0 heterocycles. The fourth-order valence-corrected chi connectivity index (χ4v) is 3.58. The van der Waals surface area contributed by atoms with Crippen LogP contribution in [-0.4, -0.2) is 24.9 Å². The lowest BCUT2D eigenvalue weighted by Crippen LogP contribution is -2.47. The van der Waals surface area contributed by atoms with Gasteiger partial charge in [0.15, 0.2) is 0 Å². The molecule has 1 aromatic rings. The van der Waals surface area contributed by atoms with E-state index in [0.29, 0.717) is 18.3 Å². The highest BCUT2D eigenvalue weighted by Crippen LogP contribution is 2.42. The van der Waals surface area contributed by atoms with Gasteiger partial charge in [-0.15, -0.1) is 0 Å². The van der Waals surface area contributed by atoms with E-state index in [-0.39, 0.29) is 11.9 Å². The number of hydrogen-bond acceptors (Lipinski definition) is 3. The van der Waals surface area contributed by atoms with Crippen LogP contribution < -0.4 is 11.1 Å². The first-order valence-corrected chi connectivity index (χ1v) is 7.65. The molecule has 1 saturated carbocycles. The molecule has 4 heteroatoms. The third-order valence-corrected chi connectivity index (χ3v) is 4.68. The second-order valence-electron chi connectivity index (χ2n) is 6.48. The Hall–Kier alpha value is -1.26. The monoisotopic (exact) mass is 292 g/mol. The lowest BCUT2D eigenvalue weighted by molar-refractivity contribution is -0.112. The Balaban J connectivity index is 2.16. The summed E-state index contributed by atoms with van der Waals surface area (Å²) in [5.74, 6) is 0.641. The zero-order valence-electron chi connectivity index (χ0n) is 12.8. The maximum Gasteiger partial charge on any atom is 0.139 e. The van der Waals surface area contributed by atoms with Gasteiger partial charge in [-0.05, 0) is 62.8 Å². The van der Waals surface area contributed by atoms with E-state index in [0.717, 1.165) is 25.5 Å². The number of carbonyl (C=O) groups excluding carboxylic acids is 1. The van der Waals surface area contributed by atoms with E-state index in [1.165, 1.54) is 17.7 Å². The largest absolute Gasteiger partial charge is 0.319 e. The standard InChI is InChI=1S/C17H25FN2O/c1-17(19,11-21)10-16(20-2)15-5-3-4-14(15)12-6-8-13(18)9-7-12/h6-9,11,14-16,20H,3-5,10,19H2,1-2H3. The number of halogens is 1. The molecule has 116 valence electrons. The van der Waals surface area contributed by atoms with Crippen LogP contribution in [0.25, 0.3) is 0 Å². The van der Waals surface area contributed by atoms with Gasteiger partial charge < -0.3 is 15.8 Å². The van der Waals surface area contributed by atoms with E-state index in [1.807, 2.05) is 19.2 Å². The summed E-state index contributed by atoms with van der Waals surface area (Å²) in [6.07, 6.45) is 4.83. The molecular formula is C17H25FN2O. The molecule has 1 aliphatic carbocycles. The number of hydrogen-bond donors (Lipinski definition) is 2. The second-order valence-corrected chi connectivity index (χ2v) is 6.48. The molecule has 0 bridgehead atoms. The van der Waals surface area contributed by atoms with E-state index in [4.69, 9.17) is 5.73 Å². The van der Waals surface area contributed by atoms with Crippen LogP contribution >= 0.6 is 0 Å². The van der Waals surface area contributed by atoms with Gasteiger partial charge >= 0.3 is 0 Å². The maximum absolute atomic E-state index is 13.1. The molecule has 0 aliphatic heterocycles. The van der Waals surface area contributed by atoms with Gasteiger partial charge in [0.05, 0.1) is 5.54 Å². The minimum absolute atomic E-state index is 0.197. The van der Waals surface area contributed by atoms with Gasteiger partial charge in [-0.25, -0.2) is 4.39 Å². The summed E-state index contributed by atoms with van der Waals surface area (Å²) in [4.78, 5) is 11.1. The summed E-state index contributed by atoms with van der Waals surface area (Å²) in [5, 5.41) is 3.33. The lowest BCUT2D eigenvalue weighted by atomic mass is 9.79. The number of carbonyl (C=O) groups is 1. The van der Waals surface area contributed by atoms with E-state index in [1.54, 1.807) is 6.92 Å². The first kappa shape index (κ1) is 16.1. The lowest BCUT2D eigenvalue weighted by Gasteiger charge is -2.32. The van der Waals surface area contributed by atoms with Gasteiger partial charge in [0.2, 0.25) is 0 Å². The molecule has 21 heavy (non-hydrogen) atoms. The SMILES string of the molecule is CNC(CC(C)(N)C=O)C1CCCC1c1ccc(F)cc1. The summed E-state index contributed by atoms with van der Waals surface area (Å²) >= 11 is 0. The predicted octanol–water partition coefficient (Wildman–Crippen LogP) is 2.60. The molecule has 2 rings (SSSR count). The van der Waals surface area contributed by atoms with Crippen molar-refractivity contribution in [2.45, 2.75) is 50.1 Å². The number of nitrogens with two attached hydrogens (primary N) is 1. The zero-order chi connectivity index (χ0) is 15.5. The van der Waals surface area contributed by atoms with Gasteiger partial charge in [-0.3, -0.25) is 0 Å². The molecule has 0 radical (unpaired) electrons. The van der Waals surface area contributed by atoms with Crippen LogP contribution in [0.15, 0.2) is 24.3 Å². The topological polar surface area (TPSA) is 55.1 Å². The molecule has 1 aromatic carbocycles. The molecule has 3 nitrogen and oxygen atoms in total. The zero-order valence-corrected chi connectivity index (χ0v) is 12.8. The van der Waals surface area contributed by atoms with E-state index in [9.17, 15) is 9.18 Å². The summed E-state index contributed by atoms with van der Waals surface area (Å²) in [6, 6.07) is 7.01. The Morgan fingerprint density at radius 2 is 2.10 bits per heavy atom. The van der Waals surface area contributed by atoms with Crippen LogP contribution in [0, 0.1) is 11.7 Å². The molecule has 1 aliphatic rings. The van der Waals surface area contributed by atoms with Crippen LogP contribution in [0.1, 0.15) is 44.1 Å². The Morgan fingerprint density at radius 3 is 2.67 bits per heavy atom. The van der Waals surface area contributed by atoms with Crippen molar-refractivity contribution in [3.8, 4) is 0 Å². The molecule has 0 saturated heterocycles. The minimum atomic E-state index is -0.802. The van der Waals surface area contributed by atoms with Gasteiger partial charge in [-0.2, -0.15) is 0 Å². The van der Waals surface area contributed by atoms with Crippen molar-refractivity contribution >= 4 is 6.29 Å². The average molecular weight is 292 g/mol. The third kappa shape index (κ3) is 3.89. The van der Waals surface area contributed by atoms with Crippen molar-refractivity contribution in [2.75, 3.05) is 7.05 Å². The maximum atomic E-state index is 13.1. The van der Waals surface area contributed by atoms with Gasteiger partial charge in [0.25, 0.3) is 0 Å². The second kappa shape index (κ2) is 6.67. The highest BCUT2D eigenvalue weighted by Gasteiger charge is 2.36. The molecule has 0 amide bonds. The molecule has 4 unspecified atom stereocenters. The van der Waals surface area contributed by atoms with Crippen LogP contribution in [-0.2, 0) is 4.79 Å². The number of aldehydes is 1. The molecule has 4 atom stereocenters. The summed E-state index contributed by atoms with van der Waals surface area (Å²) in [7, 11) is 1.92. The number of rotatable bonds is 6. The van der Waals surface area contributed by atoms with E-state index >= 15 is 0 Å². The summed E-state index contributed by atoms with van der Waals surface area (Å²) in [6.45, 7) is 1.77. The minimum Gasteiger partial charge on any atom is -0.319 e. The smallest absolute Gasteiger partial charge is 0.139 e. The van der Waals surface area contributed by atoms with Crippen LogP contribution in [0.4, 0.5) is 4.39 Å². The third-order valence-electron chi connectivity index (χ3n) is 4.68. The van der Waals surface area contributed by atoms with E-state index in [2.05, 4.69) is 5.32 Å². The van der Waals surface area contributed by atoms with Gasteiger partial charge in [-0.1, -0.05) is 18.6 Å². The number of benzene rings is 1. The molecule has 0 aromatic heterocycles. The van der Waals surface area contributed by atoms with Crippen LogP contribution in [0.2, 0.25) is 0 Å². The first-order valence-electron chi connectivity index (χ1n) is 7.65. The van der Waals surface area contributed by atoms with Crippen molar-refractivity contribution in [1.29, 1.82) is 0 Å². The molecular weight excluding hydrogens is 267 g/mol. The van der Waals surface area contributed by atoms with Crippen LogP contribution in [0.5, 0.6) is 0 Å². The van der Waals surface area contributed by atoms with Gasteiger partial charge in [0.1, 0.15) is 12.1 Å². The number of nitrogens with one attached hydrogen (secondary N) is 1. The Labute approximate surface area is 126 Å². The molecule has 3 N–H and O–H groups in total. The van der Waals surface area contributed by atoms with Crippen molar-refractivity contribution in [1.82, 2.24) is 5.32 Å². The molecule has 0 spiro atoms. The van der Waals surface area contributed by atoms with Gasteiger partial charge in [0, 0.05) is 6.04 Å². The van der Waals surface area contributed by atoms with Crippen molar-refractivity contribution in [3.63, 3.8) is 0 Å². The van der Waals surface area contributed by atoms with Crippen molar-refractivity contribution in [2.24, 2.45) is 11.7 Å². The Morgan fingerprint density at radius 1 is 1.43 bits per heavy atom.